The summed E-state index contributed by atoms with van der Waals surface area (Å²) in [6, 6.07) is 17.0. The first kappa shape index (κ1) is 20.5. The molecule has 2 aromatic rings. The molecule has 0 unspecified atom stereocenters. The van der Waals surface area contributed by atoms with Gasteiger partial charge in [0.05, 0.1) is 0 Å². The number of carbonyl (C=O) groups excluding carboxylic acids is 1. The predicted molar refractivity (Wildman–Crippen MR) is 106 cm³/mol. The van der Waals surface area contributed by atoms with Gasteiger partial charge in [-0.3, -0.25) is 0 Å². The normalized spacial score (nSPS) is 11.6. The number of benzene rings is 2. The number of urea groups is 1. The Hall–Kier alpha value is -2.86. The van der Waals surface area contributed by atoms with E-state index in [1.807, 2.05) is 30.3 Å². The lowest BCUT2D eigenvalue weighted by Gasteiger charge is -2.15. The highest BCUT2D eigenvalue weighted by molar-refractivity contribution is 5.82. The molecule has 0 fully saturated rings. The van der Waals surface area contributed by atoms with Gasteiger partial charge in [-0.15, -0.1) is 0 Å². The molecular formula is C21H27N3O3. The van der Waals surface area contributed by atoms with E-state index in [1.165, 1.54) is 0 Å². The SMILES string of the molecule is NCCCC[C@H](NC(=O)NCCc1ccc(-c2ccccc2)cc1)C(=O)O. The highest BCUT2D eigenvalue weighted by Crippen LogP contribution is 2.19. The van der Waals surface area contributed by atoms with Crippen molar-refractivity contribution in [3.05, 3.63) is 60.2 Å². The number of carboxylic acid groups (broad SMARTS) is 1. The molecule has 1 atom stereocenters. The van der Waals surface area contributed by atoms with E-state index in [0.717, 1.165) is 23.1 Å². The third-order valence-electron chi connectivity index (χ3n) is 4.31. The van der Waals surface area contributed by atoms with E-state index in [0.29, 0.717) is 32.4 Å². The summed E-state index contributed by atoms with van der Waals surface area (Å²) in [5, 5.41) is 14.4. The van der Waals surface area contributed by atoms with Gasteiger partial charge in [-0.25, -0.2) is 9.59 Å². The summed E-state index contributed by atoms with van der Waals surface area (Å²) in [6.45, 7) is 0.952. The molecule has 0 aliphatic heterocycles. The summed E-state index contributed by atoms with van der Waals surface area (Å²) < 4.78 is 0. The monoisotopic (exact) mass is 369 g/mol. The van der Waals surface area contributed by atoms with Crippen LogP contribution in [-0.2, 0) is 11.2 Å². The van der Waals surface area contributed by atoms with Crippen molar-refractivity contribution in [1.82, 2.24) is 10.6 Å². The highest BCUT2D eigenvalue weighted by atomic mass is 16.4. The summed E-state index contributed by atoms with van der Waals surface area (Å²) in [5.74, 6) is -1.03. The molecule has 0 saturated heterocycles. The highest BCUT2D eigenvalue weighted by Gasteiger charge is 2.18. The topological polar surface area (TPSA) is 104 Å². The standard InChI is InChI=1S/C21H27N3O3/c22-14-5-4-8-19(20(25)26)24-21(27)23-15-13-16-9-11-18(12-10-16)17-6-2-1-3-7-17/h1-3,6-7,9-12,19H,4-5,8,13-15,22H2,(H,25,26)(H2,23,24,27)/t19-/m0/s1. The van der Waals surface area contributed by atoms with Crippen LogP contribution in [0, 0.1) is 0 Å². The van der Waals surface area contributed by atoms with Crippen molar-refractivity contribution in [2.75, 3.05) is 13.1 Å². The maximum atomic E-state index is 11.9. The molecule has 2 aromatic carbocycles. The van der Waals surface area contributed by atoms with Crippen molar-refractivity contribution in [3.63, 3.8) is 0 Å². The molecule has 5 N–H and O–H groups in total. The average Bonchev–Trinajstić information content (AvgIpc) is 2.68. The second-order valence-corrected chi connectivity index (χ2v) is 6.39. The number of hydrogen-bond acceptors (Lipinski definition) is 3. The second kappa shape index (κ2) is 11.0. The summed E-state index contributed by atoms with van der Waals surface area (Å²) in [7, 11) is 0. The van der Waals surface area contributed by atoms with Crippen LogP contribution >= 0.6 is 0 Å². The van der Waals surface area contributed by atoms with Crippen LogP contribution in [0.25, 0.3) is 11.1 Å². The van der Waals surface area contributed by atoms with Gasteiger partial charge in [0, 0.05) is 6.54 Å². The predicted octanol–water partition coefficient (Wildman–Crippen LogP) is 2.78. The number of aliphatic carboxylic acids is 1. The molecule has 0 aliphatic carbocycles. The summed E-state index contributed by atoms with van der Waals surface area (Å²) >= 11 is 0. The van der Waals surface area contributed by atoms with Crippen molar-refractivity contribution in [2.45, 2.75) is 31.7 Å². The Morgan fingerprint density at radius 3 is 2.26 bits per heavy atom. The van der Waals surface area contributed by atoms with Crippen molar-refractivity contribution >= 4 is 12.0 Å². The number of carboxylic acids is 1. The largest absolute Gasteiger partial charge is 0.480 e. The Balaban J connectivity index is 1.76. The number of hydrogen-bond donors (Lipinski definition) is 4. The Morgan fingerprint density at radius 2 is 1.63 bits per heavy atom. The number of rotatable bonds is 10. The van der Waals surface area contributed by atoms with E-state index in [2.05, 4.69) is 34.9 Å². The lowest BCUT2D eigenvalue weighted by Crippen LogP contribution is -2.46. The maximum absolute atomic E-state index is 11.9. The molecule has 0 heterocycles. The zero-order chi connectivity index (χ0) is 19.5. The third kappa shape index (κ3) is 7.11. The van der Waals surface area contributed by atoms with Crippen LogP contribution in [0.1, 0.15) is 24.8 Å². The first-order valence-electron chi connectivity index (χ1n) is 9.21. The lowest BCUT2D eigenvalue weighted by atomic mass is 10.0. The van der Waals surface area contributed by atoms with E-state index in [9.17, 15) is 14.7 Å². The van der Waals surface area contributed by atoms with Gasteiger partial charge in [0.15, 0.2) is 0 Å². The molecule has 144 valence electrons. The minimum absolute atomic E-state index is 0.376. The number of unbranched alkanes of at least 4 members (excludes halogenated alkanes) is 1. The van der Waals surface area contributed by atoms with Crippen LogP contribution in [0.15, 0.2) is 54.6 Å². The van der Waals surface area contributed by atoms with Crippen molar-refractivity contribution in [2.24, 2.45) is 5.73 Å². The van der Waals surface area contributed by atoms with Crippen LogP contribution in [-0.4, -0.2) is 36.2 Å². The van der Waals surface area contributed by atoms with Gasteiger partial charge in [0.25, 0.3) is 0 Å². The van der Waals surface area contributed by atoms with Crippen LogP contribution in [0.3, 0.4) is 0 Å². The van der Waals surface area contributed by atoms with Gasteiger partial charge >= 0.3 is 12.0 Å². The van der Waals surface area contributed by atoms with E-state index in [1.54, 1.807) is 0 Å². The molecule has 6 nitrogen and oxygen atoms in total. The average molecular weight is 369 g/mol. The van der Waals surface area contributed by atoms with Crippen molar-refractivity contribution < 1.29 is 14.7 Å². The first-order valence-corrected chi connectivity index (χ1v) is 9.21. The van der Waals surface area contributed by atoms with Crippen LogP contribution < -0.4 is 16.4 Å². The van der Waals surface area contributed by atoms with Crippen LogP contribution in [0.4, 0.5) is 4.79 Å². The lowest BCUT2D eigenvalue weighted by molar-refractivity contribution is -0.139. The summed E-state index contributed by atoms with van der Waals surface area (Å²) in [4.78, 5) is 23.1. The van der Waals surface area contributed by atoms with E-state index >= 15 is 0 Å². The minimum Gasteiger partial charge on any atom is -0.480 e. The molecular weight excluding hydrogens is 342 g/mol. The fraction of sp³-hybridized carbons (Fsp3) is 0.333. The quantitative estimate of drug-likeness (QED) is 0.483. The van der Waals surface area contributed by atoms with Crippen LogP contribution in [0.2, 0.25) is 0 Å². The molecule has 0 spiro atoms. The Morgan fingerprint density at radius 1 is 0.963 bits per heavy atom. The van der Waals surface area contributed by atoms with Crippen molar-refractivity contribution in [1.29, 1.82) is 0 Å². The van der Waals surface area contributed by atoms with Crippen LogP contribution in [0.5, 0.6) is 0 Å². The third-order valence-corrected chi connectivity index (χ3v) is 4.31. The first-order chi connectivity index (χ1) is 13.1. The van der Waals surface area contributed by atoms with Gasteiger partial charge in [-0.05, 0) is 48.9 Å². The molecule has 27 heavy (non-hydrogen) atoms. The molecule has 0 bridgehead atoms. The molecule has 0 aliphatic rings. The summed E-state index contributed by atoms with van der Waals surface area (Å²) in [5.41, 5.74) is 8.82. The van der Waals surface area contributed by atoms with Gasteiger partial charge < -0.3 is 21.5 Å². The smallest absolute Gasteiger partial charge is 0.326 e. The van der Waals surface area contributed by atoms with Gasteiger partial charge in [-0.2, -0.15) is 0 Å². The number of carbonyl (C=O) groups is 2. The molecule has 2 amide bonds. The van der Waals surface area contributed by atoms with E-state index in [-0.39, 0.29) is 0 Å². The molecule has 2 rings (SSSR count). The van der Waals surface area contributed by atoms with E-state index in [4.69, 9.17) is 5.73 Å². The molecule has 0 radical (unpaired) electrons. The van der Waals surface area contributed by atoms with E-state index < -0.39 is 18.0 Å². The number of nitrogens with two attached hydrogens (primary N) is 1. The molecule has 0 saturated carbocycles. The number of amides is 2. The Labute approximate surface area is 159 Å². The zero-order valence-electron chi connectivity index (χ0n) is 15.4. The molecule has 6 heteroatoms. The zero-order valence-corrected chi connectivity index (χ0v) is 15.4. The Bertz CT molecular complexity index is 717. The summed E-state index contributed by atoms with van der Waals surface area (Å²) in [6.07, 6.45) is 2.46. The van der Waals surface area contributed by atoms with Gasteiger partial charge in [-0.1, -0.05) is 54.6 Å². The van der Waals surface area contributed by atoms with Crippen molar-refractivity contribution in [3.8, 4) is 11.1 Å². The minimum atomic E-state index is -1.03. The van der Waals surface area contributed by atoms with Gasteiger partial charge in [0.1, 0.15) is 6.04 Å². The fourth-order valence-corrected chi connectivity index (χ4v) is 2.77. The van der Waals surface area contributed by atoms with Gasteiger partial charge in [0.2, 0.25) is 0 Å². The number of nitrogens with one attached hydrogen (secondary N) is 2. The fourth-order valence-electron chi connectivity index (χ4n) is 2.77. The maximum Gasteiger partial charge on any atom is 0.326 e. The Kier molecular flexibility index (Phi) is 8.32. The second-order valence-electron chi connectivity index (χ2n) is 6.39. The molecule has 0 aromatic heterocycles.